The Morgan fingerprint density at radius 2 is 1.96 bits per heavy atom. The minimum Gasteiger partial charge on any atom is -0.506 e. The molecule has 9 heteroatoms. The van der Waals surface area contributed by atoms with Crippen LogP contribution in [0.3, 0.4) is 0 Å². The summed E-state index contributed by atoms with van der Waals surface area (Å²) < 4.78 is 6.68. The summed E-state index contributed by atoms with van der Waals surface area (Å²) >= 11 is 12.6. The van der Waals surface area contributed by atoms with Crippen molar-refractivity contribution in [2.45, 2.75) is 6.42 Å². The number of carbonyl (C=O) groups excluding carboxylic acids is 1. The average Bonchev–Trinajstić information content (AvgIpc) is 3.12. The molecule has 0 aliphatic carbocycles. The number of ether oxygens (including phenoxy) is 1. The fourth-order valence-corrected chi connectivity index (χ4v) is 2.99. The van der Waals surface area contributed by atoms with E-state index in [-0.39, 0.29) is 12.4 Å². The zero-order valence-corrected chi connectivity index (χ0v) is 14.9. The highest BCUT2D eigenvalue weighted by molar-refractivity contribution is 6.36. The summed E-state index contributed by atoms with van der Waals surface area (Å²) in [6, 6.07) is 8.25. The van der Waals surface area contributed by atoms with Crippen molar-refractivity contribution in [2.75, 3.05) is 6.61 Å². The molecule has 0 fully saturated rings. The van der Waals surface area contributed by atoms with Gasteiger partial charge in [0.15, 0.2) is 6.61 Å². The molecule has 1 aromatic heterocycles. The number of amides is 1. The van der Waals surface area contributed by atoms with Gasteiger partial charge >= 0.3 is 0 Å². The molecule has 3 N–H and O–H groups in total. The molecule has 7 nitrogen and oxygen atoms in total. The van der Waals surface area contributed by atoms with Crippen LogP contribution in [0.2, 0.25) is 10.0 Å². The fraction of sp³-hybridized carbons (Fsp3) is 0.118. The largest absolute Gasteiger partial charge is 0.506 e. The van der Waals surface area contributed by atoms with Crippen LogP contribution in [0.5, 0.6) is 11.5 Å². The molecule has 1 heterocycles. The second-order valence-corrected chi connectivity index (χ2v) is 6.27. The Morgan fingerprint density at radius 3 is 2.58 bits per heavy atom. The van der Waals surface area contributed by atoms with Crippen LogP contribution in [0.25, 0.3) is 5.69 Å². The molecule has 0 unspecified atom stereocenters. The number of aromatic hydroxyl groups is 1. The van der Waals surface area contributed by atoms with Crippen molar-refractivity contribution in [3.8, 4) is 17.2 Å². The third-order valence-electron chi connectivity index (χ3n) is 3.58. The Kier molecular flexibility index (Phi) is 5.29. The molecule has 134 valence electrons. The minimum atomic E-state index is -0.592. The number of nitrogens with zero attached hydrogens (tertiary/aromatic N) is 3. The first-order valence-electron chi connectivity index (χ1n) is 7.50. The normalized spacial score (nSPS) is 10.7. The van der Waals surface area contributed by atoms with Gasteiger partial charge in [-0.25, -0.2) is 9.67 Å². The molecule has 0 bridgehead atoms. The standard InChI is InChI=1S/C17H14Cl2N4O3/c18-13-5-11(26-7-17(20)25)6-14(19)12(13)3-10-1-2-16(24)15(4-10)23-9-21-8-22-23/h1-2,4-6,8-9,24H,3,7H2,(H2,20,25). The highest BCUT2D eigenvalue weighted by Crippen LogP contribution is 2.33. The predicted molar refractivity (Wildman–Crippen MR) is 97.0 cm³/mol. The van der Waals surface area contributed by atoms with E-state index >= 15 is 0 Å². The van der Waals surface area contributed by atoms with Crippen LogP contribution in [0.1, 0.15) is 11.1 Å². The Hall–Kier alpha value is -2.77. The molecule has 0 aliphatic rings. The Labute approximate surface area is 158 Å². The van der Waals surface area contributed by atoms with Crippen LogP contribution < -0.4 is 10.5 Å². The maximum Gasteiger partial charge on any atom is 0.255 e. The zero-order valence-electron chi connectivity index (χ0n) is 13.4. The summed E-state index contributed by atoms with van der Waals surface area (Å²) in [6.45, 7) is -0.259. The van der Waals surface area contributed by atoms with Crippen molar-refractivity contribution in [1.29, 1.82) is 0 Å². The average molecular weight is 393 g/mol. The third-order valence-corrected chi connectivity index (χ3v) is 4.26. The van der Waals surface area contributed by atoms with Gasteiger partial charge in [0.2, 0.25) is 0 Å². The second-order valence-electron chi connectivity index (χ2n) is 5.46. The first-order valence-corrected chi connectivity index (χ1v) is 8.25. The molecule has 1 amide bonds. The molecule has 0 spiro atoms. The van der Waals surface area contributed by atoms with E-state index < -0.39 is 5.91 Å². The van der Waals surface area contributed by atoms with Gasteiger partial charge < -0.3 is 15.6 Å². The lowest BCUT2D eigenvalue weighted by atomic mass is 10.0. The van der Waals surface area contributed by atoms with Crippen molar-refractivity contribution < 1.29 is 14.6 Å². The maximum atomic E-state index is 10.8. The van der Waals surface area contributed by atoms with Gasteiger partial charge in [-0.15, -0.1) is 0 Å². The quantitative estimate of drug-likeness (QED) is 0.670. The second kappa shape index (κ2) is 7.63. The predicted octanol–water partition coefficient (Wildman–Crippen LogP) is 2.73. The summed E-state index contributed by atoms with van der Waals surface area (Å²) in [5, 5.41) is 14.8. The summed E-state index contributed by atoms with van der Waals surface area (Å²) in [7, 11) is 0. The highest BCUT2D eigenvalue weighted by atomic mass is 35.5. The van der Waals surface area contributed by atoms with E-state index in [1.54, 1.807) is 30.3 Å². The van der Waals surface area contributed by atoms with Crippen molar-refractivity contribution >= 4 is 29.1 Å². The van der Waals surface area contributed by atoms with Gasteiger partial charge in [-0.05, 0) is 35.4 Å². The number of carbonyl (C=O) groups is 1. The highest BCUT2D eigenvalue weighted by Gasteiger charge is 2.13. The molecule has 0 radical (unpaired) electrons. The Balaban J connectivity index is 1.87. The fourth-order valence-electron chi connectivity index (χ4n) is 2.39. The molecule has 0 atom stereocenters. The van der Waals surface area contributed by atoms with Crippen LogP contribution in [0.15, 0.2) is 43.0 Å². The number of hydrogen-bond donors (Lipinski definition) is 2. The smallest absolute Gasteiger partial charge is 0.255 e. The molecular weight excluding hydrogens is 379 g/mol. The van der Waals surface area contributed by atoms with Gasteiger partial charge in [0.25, 0.3) is 5.91 Å². The molecule has 0 saturated carbocycles. The SMILES string of the molecule is NC(=O)COc1cc(Cl)c(Cc2ccc(O)c(-n3cncn3)c2)c(Cl)c1. The van der Waals surface area contributed by atoms with Gasteiger partial charge in [-0.1, -0.05) is 29.3 Å². The van der Waals surface area contributed by atoms with E-state index in [0.29, 0.717) is 33.5 Å². The molecule has 3 aromatic rings. The monoisotopic (exact) mass is 392 g/mol. The number of hydrogen-bond acceptors (Lipinski definition) is 5. The van der Waals surface area contributed by atoms with Crippen molar-refractivity contribution in [1.82, 2.24) is 14.8 Å². The van der Waals surface area contributed by atoms with E-state index in [0.717, 1.165) is 5.56 Å². The summed E-state index contributed by atoms with van der Waals surface area (Å²) in [6.07, 6.45) is 3.30. The molecule has 26 heavy (non-hydrogen) atoms. The molecule has 0 aliphatic heterocycles. The topological polar surface area (TPSA) is 103 Å². The van der Waals surface area contributed by atoms with Gasteiger partial charge in [-0.3, -0.25) is 4.79 Å². The number of halogens is 2. The van der Waals surface area contributed by atoms with E-state index in [1.807, 2.05) is 0 Å². The Morgan fingerprint density at radius 1 is 1.23 bits per heavy atom. The van der Waals surface area contributed by atoms with Crippen molar-refractivity contribution in [3.63, 3.8) is 0 Å². The number of primary amides is 1. The lowest BCUT2D eigenvalue weighted by Crippen LogP contribution is -2.20. The Bertz CT molecular complexity index is 922. The van der Waals surface area contributed by atoms with Crippen molar-refractivity contribution in [3.05, 3.63) is 64.2 Å². The number of benzene rings is 2. The molecular formula is C17H14Cl2N4O3. The van der Waals surface area contributed by atoms with Gasteiger partial charge in [0, 0.05) is 16.5 Å². The minimum absolute atomic E-state index is 0.0756. The molecule has 2 aromatic carbocycles. The maximum absolute atomic E-state index is 10.8. The van der Waals surface area contributed by atoms with Crippen LogP contribution in [-0.2, 0) is 11.2 Å². The third kappa shape index (κ3) is 4.07. The number of phenolic OH excluding ortho intramolecular Hbond substituents is 1. The van der Waals surface area contributed by atoms with Crippen molar-refractivity contribution in [2.24, 2.45) is 5.73 Å². The lowest BCUT2D eigenvalue weighted by Gasteiger charge is -2.12. The van der Waals surface area contributed by atoms with E-state index in [2.05, 4.69) is 10.1 Å². The zero-order chi connectivity index (χ0) is 18.7. The van der Waals surface area contributed by atoms with E-state index in [9.17, 15) is 9.90 Å². The lowest BCUT2D eigenvalue weighted by molar-refractivity contribution is -0.119. The number of rotatable bonds is 6. The summed E-state index contributed by atoms with van der Waals surface area (Å²) in [5.41, 5.74) is 7.10. The van der Waals surface area contributed by atoms with E-state index in [1.165, 1.54) is 17.3 Å². The first-order chi connectivity index (χ1) is 12.4. The van der Waals surface area contributed by atoms with Crippen LogP contribution in [0, 0.1) is 0 Å². The summed E-state index contributed by atoms with van der Waals surface area (Å²) in [4.78, 5) is 14.7. The van der Waals surface area contributed by atoms with Gasteiger partial charge in [0.1, 0.15) is 29.8 Å². The van der Waals surface area contributed by atoms with Gasteiger partial charge in [-0.2, -0.15) is 5.10 Å². The number of phenols is 1. The van der Waals surface area contributed by atoms with Gasteiger partial charge in [0.05, 0.1) is 0 Å². The number of aromatic nitrogens is 3. The first kappa shape index (κ1) is 18.0. The number of nitrogens with two attached hydrogens (primary N) is 1. The van der Waals surface area contributed by atoms with Crippen LogP contribution in [-0.4, -0.2) is 32.4 Å². The van der Waals surface area contributed by atoms with E-state index in [4.69, 9.17) is 33.7 Å². The molecule has 0 saturated heterocycles. The van der Waals surface area contributed by atoms with Crippen LogP contribution >= 0.6 is 23.2 Å². The summed E-state index contributed by atoms with van der Waals surface area (Å²) in [5.74, 6) is -0.158. The van der Waals surface area contributed by atoms with Crippen LogP contribution in [0.4, 0.5) is 0 Å². The molecule has 3 rings (SSSR count).